The largest absolute Gasteiger partial charge is 0.481 e. The van der Waals surface area contributed by atoms with Crippen molar-refractivity contribution < 1.29 is 9.90 Å². The van der Waals surface area contributed by atoms with Gasteiger partial charge in [0, 0.05) is 19.6 Å². The normalized spacial score (nSPS) is 24.4. The molecular weight excluding hydrogens is 226 g/mol. The fourth-order valence-corrected chi connectivity index (χ4v) is 2.84. The second-order valence-electron chi connectivity index (χ2n) is 5.49. The highest BCUT2D eigenvalue weighted by atomic mass is 16.4. The number of hydrogen-bond donors (Lipinski definition) is 1. The Morgan fingerprint density at radius 3 is 2.44 bits per heavy atom. The number of rotatable bonds is 3. The third-order valence-corrected chi connectivity index (χ3v) is 4.03. The van der Waals surface area contributed by atoms with Crippen LogP contribution in [0.2, 0.25) is 0 Å². The topological polar surface area (TPSA) is 40.5 Å². The number of carboxylic acid groups (broad SMARTS) is 1. The number of carbonyl (C=O) groups is 1. The quantitative estimate of drug-likeness (QED) is 0.892. The van der Waals surface area contributed by atoms with Crippen LogP contribution in [0.1, 0.15) is 23.6 Å². The maximum Gasteiger partial charge on any atom is 0.308 e. The van der Waals surface area contributed by atoms with Gasteiger partial charge in [-0.3, -0.25) is 9.69 Å². The van der Waals surface area contributed by atoms with Crippen molar-refractivity contribution in [1.29, 1.82) is 0 Å². The Bertz CT molecular complexity index is 436. The van der Waals surface area contributed by atoms with Crippen LogP contribution in [-0.2, 0) is 11.3 Å². The van der Waals surface area contributed by atoms with Crippen LogP contribution >= 0.6 is 0 Å². The van der Waals surface area contributed by atoms with E-state index in [1.165, 1.54) is 16.7 Å². The van der Waals surface area contributed by atoms with Crippen LogP contribution in [0.4, 0.5) is 0 Å². The van der Waals surface area contributed by atoms with Crippen molar-refractivity contribution in [2.75, 3.05) is 13.1 Å². The first-order valence-corrected chi connectivity index (χ1v) is 6.49. The van der Waals surface area contributed by atoms with Crippen LogP contribution in [-0.4, -0.2) is 29.1 Å². The van der Waals surface area contributed by atoms with E-state index in [0.29, 0.717) is 6.54 Å². The van der Waals surface area contributed by atoms with Crippen LogP contribution in [0.25, 0.3) is 0 Å². The van der Waals surface area contributed by atoms with Gasteiger partial charge < -0.3 is 5.11 Å². The van der Waals surface area contributed by atoms with Crippen molar-refractivity contribution >= 4 is 5.97 Å². The van der Waals surface area contributed by atoms with Crippen molar-refractivity contribution in [3.63, 3.8) is 0 Å². The molecule has 98 valence electrons. The Morgan fingerprint density at radius 2 is 1.94 bits per heavy atom. The minimum absolute atomic E-state index is 0.214. The molecule has 1 aliphatic rings. The molecule has 1 aromatic carbocycles. The van der Waals surface area contributed by atoms with Crippen LogP contribution in [0, 0.1) is 25.7 Å². The van der Waals surface area contributed by atoms with E-state index >= 15 is 0 Å². The van der Waals surface area contributed by atoms with Crippen molar-refractivity contribution in [3.05, 3.63) is 34.9 Å². The zero-order chi connectivity index (χ0) is 13.3. The Kier molecular flexibility index (Phi) is 3.71. The monoisotopic (exact) mass is 247 g/mol. The SMILES string of the molecule is Cc1cccc(C)c1CN1CC(C)C(C(=O)O)C1. The smallest absolute Gasteiger partial charge is 0.308 e. The highest BCUT2D eigenvalue weighted by Gasteiger charge is 2.34. The summed E-state index contributed by atoms with van der Waals surface area (Å²) >= 11 is 0. The molecule has 1 saturated heterocycles. The summed E-state index contributed by atoms with van der Waals surface area (Å²) in [5.41, 5.74) is 3.93. The molecule has 1 fully saturated rings. The predicted octanol–water partition coefficient (Wildman–Crippen LogP) is 2.46. The van der Waals surface area contributed by atoms with Crippen LogP contribution in [0.5, 0.6) is 0 Å². The van der Waals surface area contributed by atoms with Gasteiger partial charge in [0.15, 0.2) is 0 Å². The lowest BCUT2D eigenvalue weighted by Gasteiger charge is -2.18. The van der Waals surface area contributed by atoms with Crippen LogP contribution in [0.3, 0.4) is 0 Å². The predicted molar refractivity (Wildman–Crippen MR) is 71.5 cm³/mol. The first-order valence-electron chi connectivity index (χ1n) is 6.49. The highest BCUT2D eigenvalue weighted by Crippen LogP contribution is 2.26. The van der Waals surface area contributed by atoms with Crippen molar-refractivity contribution in [1.82, 2.24) is 4.90 Å². The average Bonchev–Trinajstić information content (AvgIpc) is 2.65. The molecular formula is C15H21NO2. The number of likely N-dealkylation sites (tertiary alicyclic amines) is 1. The molecule has 0 saturated carbocycles. The molecule has 0 radical (unpaired) electrons. The molecule has 3 nitrogen and oxygen atoms in total. The Labute approximate surface area is 108 Å². The minimum atomic E-state index is -0.661. The molecule has 0 aromatic heterocycles. The molecule has 1 N–H and O–H groups in total. The van der Waals surface area contributed by atoms with Gasteiger partial charge in [0.25, 0.3) is 0 Å². The van der Waals surface area contributed by atoms with E-state index in [2.05, 4.69) is 36.9 Å². The number of aliphatic carboxylic acids is 1. The third-order valence-electron chi connectivity index (χ3n) is 4.03. The number of aryl methyl sites for hydroxylation is 2. The minimum Gasteiger partial charge on any atom is -0.481 e. The van der Waals surface area contributed by atoms with E-state index in [-0.39, 0.29) is 11.8 Å². The molecule has 2 unspecified atom stereocenters. The summed E-state index contributed by atoms with van der Waals surface area (Å²) in [6.45, 7) is 8.69. The standard InChI is InChI=1S/C15H21NO2/c1-10-5-4-6-11(2)13(10)8-16-7-12(3)14(9-16)15(17)18/h4-6,12,14H,7-9H2,1-3H3,(H,17,18). The van der Waals surface area contributed by atoms with Gasteiger partial charge >= 0.3 is 5.97 Å². The molecule has 1 aromatic rings. The molecule has 2 rings (SSSR count). The van der Waals surface area contributed by atoms with Gasteiger partial charge in [-0.25, -0.2) is 0 Å². The van der Waals surface area contributed by atoms with Crippen molar-refractivity contribution in [2.24, 2.45) is 11.8 Å². The zero-order valence-electron chi connectivity index (χ0n) is 11.3. The van der Waals surface area contributed by atoms with E-state index in [0.717, 1.165) is 13.1 Å². The summed E-state index contributed by atoms with van der Waals surface area (Å²) < 4.78 is 0. The number of nitrogens with zero attached hydrogens (tertiary/aromatic N) is 1. The molecule has 1 aliphatic heterocycles. The summed E-state index contributed by atoms with van der Waals surface area (Å²) in [7, 11) is 0. The maximum absolute atomic E-state index is 11.1. The molecule has 2 atom stereocenters. The molecule has 18 heavy (non-hydrogen) atoms. The Morgan fingerprint density at radius 1 is 1.33 bits per heavy atom. The molecule has 1 heterocycles. The fourth-order valence-electron chi connectivity index (χ4n) is 2.84. The first kappa shape index (κ1) is 13.1. The van der Waals surface area contributed by atoms with E-state index in [4.69, 9.17) is 5.11 Å². The lowest BCUT2D eigenvalue weighted by Crippen LogP contribution is -2.23. The van der Waals surface area contributed by atoms with Gasteiger partial charge in [0.2, 0.25) is 0 Å². The van der Waals surface area contributed by atoms with Crippen LogP contribution < -0.4 is 0 Å². The Balaban J connectivity index is 2.10. The van der Waals surface area contributed by atoms with E-state index in [1.807, 2.05) is 6.92 Å². The highest BCUT2D eigenvalue weighted by molar-refractivity contribution is 5.71. The lowest BCUT2D eigenvalue weighted by molar-refractivity contribution is -0.142. The molecule has 0 spiro atoms. The van der Waals surface area contributed by atoms with E-state index in [1.54, 1.807) is 0 Å². The summed E-state index contributed by atoms with van der Waals surface area (Å²) in [6, 6.07) is 6.31. The summed E-state index contributed by atoms with van der Waals surface area (Å²) in [4.78, 5) is 13.4. The van der Waals surface area contributed by atoms with Gasteiger partial charge in [-0.15, -0.1) is 0 Å². The second-order valence-corrected chi connectivity index (χ2v) is 5.49. The van der Waals surface area contributed by atoms with E-state index < -0.39 is 5.97 Å². The van der Waals surface area contributed by atoms with Gasteiger partial charge in [-0.05, 0) is 36.5 Å². The second kappa shape index (κ2) is 5.11. The van der Waals surface area contributed by atoms with Crippen molar-refractivity contribution in [2.45, 2.75) is 27.3 Å². The van der Waals surface area contributed by atoms with Gasteiger partial charge in [0.05, 0.1) is 5.92 Å². The van der Waals surface area contributed by atoms with E-state index in [9.17, 15) is 4.79 Å². The third kappa shape index (κ3) is 2.56. The number of hydrogen-bond acceptors (Lipinski definition) is 2. The average molecular weight is 247 g/mol. The summed E-state index contributed by atoms with van der Waals surface area (Å²) in [5.74, 6) is -0.632. The number of carboxylic acids is 1. The van der Waals surface area contributed by atoms with Gasteiger partial charge in [-0.2, -0.15) is 0 Å². The lowest BCUT2D eigenvalue weighted by atomic mass is 9.99. The van der Waals surface area contributed by atoms with Crippen molar-refractivity contribution in [3.8, 4) is 0 Å². The van der Waals surface area contributed by atoms with Gasteiger partial charge in [-0.1, -0.05) is 25.1 Å². The molecule has 0 bridgehead atoms. The van der Waals surface area contributed by atoms with Gasteiger partial charge in [0.1, 0.15) is 0 Å². The molecule has 0 aliphatic carbocycles. The zero-order valence-corrected chi connectivity index (χ0v) is 11.3. The summed E-state index contributed by atoms with van der Waals surface area (Å²) in [5, 5.41) is 9.15. The first-order chi connectivity index (χ1) is 8.49. The number of benzene rings is 1. The molecule has 0 amide bonds. The molecule has 3 heteroatoms. The Hall–Kier alpha value is -1.35. The van der Waals surface area contributed by atoms with Crippen LogP contribution in [0.15, 0.2) is 18.2 Å². The maximum atomic E-state index is 11.1. The summed E-state index contributed by atoms with van der Waals surface area (Å²) in [6.07, 6.45) is 0. The fraction of sp³-hybridized carbons (Fsp3) is 0.533.